The van der Waals surface area contributed by atoms with E-state index in [4.69, 9.17) is 14.2 Å². The van der Waals surface area contributed by atoms with E-state index in [1.54, 1.807) is 34.6 Å². The molecule has 0 saturated carbocycles. The van der Waals surface area contributed by atoms with Gasteiger partial charge in [-0.05, 0) is 56.6 Å². The first-order valence-electron chi connectivity index (χ1n) is 20.8. The Bertz CT molecular complexity index is 1560. The van der Waals surface area contributed by atoms with E-state index in [0.29, 0.717) is 32.8 Å². The van der Waals surface area contributed by atoms with Crippen LogP contribution >= 0.6 is 0 Å². The molecule has 1 aliphatic rings. The molecule has 0 aliphatic carbocycles. The number of nitrogens with one attached hydrogen (secondary N) is 4. The minimum Gasteiger partial charge on any atom is -0.458 e. The maximum atomic E-state index is 14.6. The first kappa shape index (κ1) is 47.8. The number of rotatable bonds is 22. The van der Waals surface area contributed by atoms with Gasteiger partial charge in [-0.15, -0.1) is 0 Å². The second kappa shape index (κ2) is 24.4. The van der Waals surface area contributed by atoms with E-state index < -0.39 is 59.3 Å². The molecule has 2 aromatic carbocycles. The molecule has 0 radical (unpaired) electrons. The van der Waals surface area contributed by atoms with Gasteiger partial charge in [0.25, 0.3) is 0 Å². The summed E-state index contributed by atoms with van der Waals surface area (Å²) in [6.45, 7) is 18.6. The average Bonchev–Trinajstić information content (AvgIpc) is 3.18. The highest BCUT2D eigenvalue weighted by atomic mass is 16.6. The lowest BCUT2D eigenvalue weighted by Gasteiger charge is -2.36. The zero-order chi connectivity index (χ0) is 42.7. The number of ether oxygens (including phenoxy) is 3. The zero-order valence-corrected chi connectivity index (χ0v) is 35.9. The number of esters is 1. The fraction of sp³-hybridized carbons (Fsp3) is 0.614. The first-order valence-corrected chi connectivity index (χ1v) is 20.8. The van der Waals surface area contributed by atoms with Crippen molar-refractivity contribution >= 4 is 29.8 Å². The van der Waals surface area contributed by atoms with Gasteiger partial charge < -0.3 is 30.2 Å². The van der Waals surface area contributed by atoms with E-state index >= 15 is 0 Å². The van der Waals surface area contributed by atoms with E-state index in [2.05, 4.69) is 26.3 Å². The molecule has 4 atom stereocenters. The van der Waals surface area contributed by atoms with E-state index in [0.717, 1.165) is 37.1 Å². The molecule has 1 saturated heterocycles. The van der Waals surface area contributed by atoms with Gasteiger partial charge in [0.2, 0.25) is 17.7 Å². The van der Waals surface area contributed by atoms with E-state index in [-0.39, 0.29) is 31.4 Å². The van der Waals surface area contributed by atoms with Crippen LogP contribution in [0, 0.1) is 23.2 Å². The number of unbranched alkanes of at least 4 members (excludes halogenated alkanes) is 1. The molecule has 1 fully saturated rings. The largest absolute Gasteiger partial charge is 0.458 e. The molecule has 4 N–H and O–H groups in total. The van der Waals surface area contributed by atoms with Gasteiger partial charge in [0.15, 0.2) is 0 Å². The molecule has 3 rings (SSSR count). The van der Waals surface area contributed by atoms with Gasteiger partial charge >= 0.3 is 12.1 Å². The Morgan fingerprint density at radius 2 is 1.45 bits per heavy atom. The third-order valence-corrected chi connectivity index (χ3v) is 9.89. The third-order valence-electron chi connectivity index (χ3n) is 9.89. The van der Waals surface area contributed by atoms with Gasteiger partial charge in [0, 0.05) is 32.7 Å². The molecule has 0 unspecified atom stereocenters. The van der Waals surface area contributed by atoms with Crippen LogP contribution in [0.1, 0.15) is 79.4 Å². The summed E-state index contributed by atoms with van der Waals surface area (Å²) in [5.41, 5.74) is 3.95. The maximum absolute atomic E-state index is 14.6. The van der Waals surface area contributed by atoms with Crippen molar-refractivity contribution < 1.29 is 38.2 Å². The molecule has 322 valence electrons. The predicted molar refractivity (Wildman–Crippen MR) is 223 cm³/mol. The average molecular weight is 809 g/mol. The molecule has 58 heavy (non-hydrogen) atoms. The standard InChI is InChI=1S/C44H68N6O8/c1-9-10-21-46-50(41(53)37(31(2)3)39(51)45-22-23-49-24-26-56-27-25-49)29-36(58-42(54)44(6,7)8)35(28-33-17-13-11-14-18-33)47-40(52)38(32(4)5)48-43(55)57-30-34-19-15-12-16-20-34/h11-20,31-32,35-38,46H,9-10,21-30H2,1-8H3,(H,45,51)(H,47,52)(H,48,55)/t35-,36+,37-,38-/m0/s1. The highest BCUT2D eigenvalue weighted by Crippen LogP contribution is 2.22. The smallest absolute Gasteiger partial charge is 0.408 e. The van der Waals surface area contributed by atoms with Crippen molar-refractivity contribution in [2.45, 2.75) is 99.4 Å². The number of morpholine rings is 1. The van der Waals surface area contributed by atoms with Crippen molar-refractivity contribution in [2.24, 2.45) is 23.2 Å². The van der Waals surface area contributed by atoms with E-state index in [1.807, 2.05) is 81.4 Å². The Kier molecular flexibility index (Phi) is 20.1. The van der Waals surface area contributed by atoms with Crippen LogP contribution in [0.3, 0.4) is 0 Å². The van der Waals surface area contributed by atoms with Crippen molar-refractivity contribution in [2.75, 3.05) is 52.5 Å². The van der Waals surface area contributed by atoms with Gasteiger partial charge in [-0.3, -0.25) is 29.1 Å². The summed E-state index contributed by atoms with van der Waals surface area (Å²) in [5, 5.41) is 10.2. The molecule has 4 amide bonds. The van der Waals surface area contributed by atoms with Crippen molar-refractivity contribution in [3.63, 3.8) is 0 Å². The summed E-state index contributed by atoms with van der Waals surface area (Å²) < 4.78 is 17.1. The molecule has 0 bridgehead atoms. The molecular formula is C44H68N6O8. The van der Waals surface area contributed by atoms with Crippen molar-refractivity contribution in [3.8, 4) is 0 Å². The van der Waals surface area contributed by atoms with Crippen molar-refractivity contribution in [1.29, 1.82) is 0 Å². The van der Waals surface area contributed by atoms with Gasteiger partial charge in [0.05, 0.1) is 31.2 Å². The number of hydrazine groups is 1. The number of nitrogens with zero attached hydrogens (tertiary/aromatic N) is 2. The lowest BCUT2D eigenvalue weighted by molar-refractivity contribution is -0.165. The molecule has 14 heteroatoms. The highest BCUT2D eigenvalue weighted by molar-refractivity contribution is 6.00. The number of hydrogen-bond acceptors (Lipinski definition) is 10. The van der Waals surface area contributed by atoms with Crippen LogP contribution in [0.15, 0.2) is 60.7 Å². The Balaban J connectivity index is 1.95. The molecule has 0 spiro atoms. The summed E-state index contributed by atoms with van der Waals surface area (Å²) in [7, 11) is 0. The van der Waals surface area contributed by atoms with Crippen LogP contribution in [0.2, 0.25) is 0 Å². The topological polar surface area (TPSA) is 168 Å². The normalized spacial score (nSPS) is 15.5. The second-order valence-corrected chi connectivity index (χ2v) is 16.6. The monoisotopic (exact) mass is 809 g/mol. The van der Waals surface area contributed by atoms with Gasteiger partial charge in [-0.25, -0.2) is 10.2 Å². The van der Waals surface area contributed by atoms with Crippen LogP contribution in [-0.4, -0.2) is 110 Å². The quantitative estimate of drug-likeness (QED) is 0.0577. The molecule has 2 aromatic rings. The number of carbonyl (C=O) groups excluding carboxylic acids is 5. The fourth-order valence-electron chi connectivity index (χ4n) is 6.35. The molecule has 14 nitrogen and oxygen atoms in total. The van der Waals surface area contributed by atoms with Crippen LogP contribution < -0.4 is 21.4 Å². The first-order chi connectivity index (χ1) is 27.6. The molecule has 0 aromatic heterocycles. The molecular weight excluding hydrogens is 741 g/mol. The molecule has 1 aliphatic heterocycles. The van der Waals surface area contributed by atoms with Crippen LogP contribution in [0.25, 0.3) is 0 Å². The maximum Gasteiger partial charge on any atom is 0.408 e. The van der Waals surface area contributed by atoms with Crippen molar-refractivity contribution in [3.05, 3.63) is 71.8 Å². The van der Waals surface area contributed by atoms with Crippen LogP contribution in [0.5, 0.6) is 0 Å². The Morgan fingerprint density at radius 1 is 0.828 bits per heavy atom. The number of carbonyl (C=O) groups is 5. The summed E-state index contributed by atoms with van der Waals surface area (Å²) in [6, 6.07) is 16.8. The Labute approximate surface area is 345 Å². The number of benzene rings is 2. The number of hydrogen-bond donors (Lipinski definition) is 4. The molecule has 1 heterocycles. The zero-order valence-electron chi connectivity index (χ0n) is 35.9. The summed E-state index contributed by atoms with van der Waals surface area (Å²) >= 11 is 0. The lowest BCUT2D eigenvalue weighted by atomic mass is 9.93. The summed E-state index contributed by atoms with van der Waals surface area (Å²) in [5.74, 6) is -3.66. The lowest BCUT2D eigenvalue weighted by Crippen LogP contribution is -2.60. The van der Waals surface area contributed by atoms with Crippen LogP contribution in [0.4, 0.5) is 4.79 Å². The van der Waals surface area contributed by atoms with Gasteiger partial charge in [-0.2, -0.15) is 0 Å². The van der Waals surface area contributed by atoms with E-state index in [9.17, 15) is 24.0 Å². The van der Waals surface area contributed by atoms with Gasteiger partial charge in [-0.1, -0.05) is 102 Å². The number of amides is 4. The minimum atomic E-state index is -1.08. The summed E-state index contributed by atoms with van der Waals surface area (Å²) in [6.07, 6.45) is -0.0284. The highest BCUT2D eigenvalue weighted by Gasteiger charge is 2.39. The predicted octanol–water partition coefficient (Wildman–Crippen LogP) is 4.48. The summed E-state index contributed by atoms with van der Waals surface area (Å²) in [4.78, 5) is 71.5. The Hall–Kier alpha value is -4.53. The SMILES string of the molecule is CCCCNN(C[C@@H](OC(=O)C(C)(C)C)[C@H](Cc1ccccc1)NC(=O)[C@@H](NC(=O)OCc1ccccc1)C(C)C)C(=O)[C@H](C(=O)NCCN1CCOCC1)C(C)C. The van der Waals surface area contributed by atoms with Crippen LogP contribution in [-0.2, 0) is 46.4 Å². The number of alkyl carbamates (subject to hydrolysis) is 1. The third kappa shape index (κ3) is 16.4. The van der Waals surface area contributed by atoms with E-state index in [1.165, 1.54) is 5.01 Å². The minimum absolute atomic E-state index is 0.0265. The van der Waals surface area contributed by atoms with Crippen molar-refractivity contribution in [1.82, 2.24) is 31.3 Å². The second-order valence-electron chi connectivity index (χ2n) is 16.6. The fourth-order valence-corrected chi connectivity index (χ4v) is 6.35. The van der Waals surface area contributed by atoms with Gasteiger partial charge in [0.1, 0.15) is 24.7 Å². The Morgan fingerprint density at radius 3 is 2.02 bits per heavy atom.